The molecule has 162 valence electrons. The molecule has 1 aliphatic heterocycles. The highest BCUT2D eigenvalue weighted by atomic mass is 16.5. The lowest BCUT2D eigenvalue weighted by Gasteiger charge is -2.28. The molecule has 0 spiro atoms. The van der Waals surface area contributed by atoms with Crippen LogP contribution < -0.4 is 20.8 Å². The first-order chi connectivity index (χ1) is 15.1. The van der Waals surface area contributed by atoms with Crippen LogP contribution in [0.1, 0.15) is 30.7 Å². The number of H-pyrrole nitrogens is 1. The van der Waals surface area contributed by atoms with Crippen molar-refractivity contribution in [3.8, 4) is 22.9 Å². The van der Waals surface area contributed by atoms with Crippen molar-refractivity contribution >= 4 is 5.69 Å². The van der Waals surface area contributed by atoms with Gasteiger partial charge < -0.3 is 20.2 Å². The average molecular weight is 421 g/mol. The third kappa shape index (κ3) is 4.72. The van der Waals surface area contributed by atoms with Crippen molar-refractivity contribution in [2.24, 2.45) is 0 Å². The number of benzene rings is 2. The van der Waals surface area contributed by atoms with E-state index in [0.717, 1.165) is 46.8 Å². The van der Waals surface area contributed by atoms with Gasteiger partial charge in [-0.3, -0.25) is 9.69 Å². The Morgan fingerprint density at radius 2 is 1.87 bits per heavy atom. The fraction of sp³-hybridized carbons (Fsp3) is 0.333. The molecule has 0 saturated carbocycles. The van der Waals surface area contributed by atoms with Crippen LogP contribution in [0.3, 0.4) is 0 Å². The van der Waals surface area contributed by atoms with E-state index >= 15 is 0 Å². The van der Waals surface area contributed by atoms with E-state index in [1.807, 2.05) is 56.3 Å². The number of aromatic nitrogens is 2. The van der Waals surface area contributed by atoms with E-state index < -0.39 is 0 Å². The van der Waals surface area contributed by atoms with Gasteiger partial charge in [-0.2, -0.15) is 0 Å². The van der Waals surface area contributed by atoms with Gasteiger partial charge >= 0.3 is 0 Å². The molecule has 0 amide bonds. The molecule has 7 nitrogen and oxygen atoms in total. The molecule has 2 heterocycles. The number of ether oxygens (including phenoxy) is 2. The lowest BCUT2D eigenvalue weighted by Crippen LogP contribution is -2.35. The van der Waals surface area contributed by atoms with Crippen LogP contribution in [0.2, 0.25) is 0 Å². The Morgan fingerprint density at radius 1 is 1.10 bits per heavy atom. The zero-order valence-corrected chi connectivity index (χ0v) is 18.0. The molecule has 0 fully saturated rings. The topological polar surface area (TPSA) is 93.5 Å². The predicted molar refractivity (Wildman–Crippen MR) is 121 cm³/mol. The zero-order valence-electron chi connectivity index (χ0n) is 18.0. The van der Waals surface area contributed by atoms with Gasteiger partial charge in [0.25, 0.3) is 5.56 Å². The summed E-state index contributed by atoms with van der Waals surface area (Å²) in [4.78, 5) is 22.8. The SMILES string of the molecule is CCOc1ccc(OCC)c(CN2CCc3nc(-c4ccc(N)cc4)[nH]c(=O)c3C2)c1. The quantitative estimate of drug-likeness (QED) is 0.569. The number of aromatic amines is 1. The van der Waals surface area contributed by atoms with Crippen molar-refractivity contribution in [2.75, 3.05) is 25.5 Å². The van der Waals surface area contributed by atoms with E-state index in [0.29, 0.717) is 37.8 Å². The summed E-state index contributed by atoms with van der Waals surface area (Å²) in [5.74, 6) is 2.26. The van der Waals surface area contributed by atoms with Crippen LogP contribution in [0, 0.1) is 0 Å². The number of fused-ring (bicyclic) bond motifs is 1. The molecule has 4 rings (SSSR count). The summed E-state index contributed by atoms with van der Waals surface area (Å²) < 4.78 is 11.5. The second-order valence-electron chi connectivity index (χ2n) is 7.56. The van der Waals surface area contributed by atoms with Crippen molar-refractivity contribution in [2.45, 2.75) is 33.4 Å². The minimum absolute atomic E-state index is 0.0883. The van der Waals surface area contributed by atoms with Crippen LogP contribution in [0.25, 0.3) is 11.4 Å². The number of nitrogen functional groups attached to an aromatic ring is 1. The van der Waals surface area contributed by atoms with E-state index in [-0.39, 0.29) is 5.56 Å². The second kappa shape index (κ2) is 9.22. The maximum absolute atomic E-state index is 12.8. The second-order valence-corrected chi connectivity index (χ2v) is 7.56. The molecule has 2 aromatic carbocycles. The number of anilines is 1. The molecule has 1 aliphatic rings. The predicted octanol–water partition coefficient (Wildman–Crippen LogP) is 3.37. The molecule has 3 aromatic rings. The third-order valence-corrected chi connectivity index (χ3v) is 5.37. The first kappa shape index (κ1) is 20.9. The van der Waals surface area contributed by atoms with Crippen molar-refractivity contribution in [3.63, 3.8) is 0 Å². The van der Waals surface area contributed by atoms with Gasteiger partial charge in [0.1, 0.15) is 17.3 Å². The van der Waals surface area contributed by atoms with Crippen molar-refractivity contribution in [3.05, 3.63) is 69.6 Å². The van der Waals surface area contributed by atoms with Gasteiger partial charge in [-0.25, -0.2) is 4.98 Å². The lowest BCUT2D eigenvalue weighted by atomic mass is 10.0. The van der Waals surface area contributed by atoms with Crippen molar-refractivity contribution in [1.82, 2.24) is 14.9 Å². The van der Waals surface area contributed by atoms with Crippen molar-refractivity contribution < 1.29 is 9.47 Å². The Kier molecular flexibility index (Phi) is 6.23. The lowest BCUT2D eigenvalue weighted by molar-refractivity contribution is 0.235. The number of nitrogens with zero attached hydrogens (tertiary/aromatic N) is 2. The normalized spacial score (nSPS) is 13.6. The van der Waals surface area contributed by atoms with E-state index in [2.05, 4.69) is 9.88 Å². The molecule has 31 heavy (non-hydrogen) atoms. The Labute approximate surface area is 181 Å². The molecular formula is C24H28N4O3. The first-order valence-corrected chi connectivity index (χ1v) is 10.7. The van der Waals surface area contributed by atoms with Crippen LogP contribution in [-0.4, -0.2) is 34.6 Å². The molecule has 0 aliphatic carbocycles. The molecule has 0 atom stereocenters. The van der Waals surface area contributed by atoms with Gasteiger partial charge in [-0.15, -0.1) is 0 Å². The van der Waals surface area contributed by atoms with Gasteiger partial charge in [-0.1, -0.05) is 0 Å². The molecule has 0 bridgehead atoms. The Balaban J connectivity index is 1.56. The summed E-state index contributed by atoms with van der Waals surface area (Å²) in [5.41, 5.74) is 9.85. The highest BCUT2D eigenvalue weighted by Gasteiger charge is 2.22. The molecule has 0 unspecified atom stereocenters. The summed E-state index contributed by atoms with van der Waals surface area (Å²) in [7, 11) is 0. The zero-order chi connectivity index (χ0) is 21.8. The van der Waals surface area contributed by atoms with E-state index in [9.17, 15) is 4.79 Å². The fourth-order valence-electron chi connectivity index (χ4n) is 3.87. The summed E-state index contributed by atoms with van der Waals surface area (Å²) in [6, 6.07) is 13.3. The smallest absolute Gasteiger partial charge is 0.255 e. The molecular weight excluding hydrogens is 392 g/mol. The Hall–Kier alpha value is -3.32. The largest absolute Gasteiger partial charge is 0.494 e. The molecule has 0 radical (unpaired) electrons. The molecule has 7 heteroatoms. The molecule has 0 saturated heterocycles. The maximum Gasteiger partial charge on any atom is 0.255 e. The monoisotopic (exact) mass is 420 g/mol. The van der Waals surface area contributed by atoms with Gasteiger partial charge in [-0.05, 0) is 56.3 Å². The standard InChI is InChI=1S/C24H28N4O3/c1-3-30-19-9-10-22(31-4-2)17(13-19)14-28-12-11-21-20(15-28)24(29)27-23(26-21)16-5-7-18(25)8-6-16/h5-10,13H,3-4,11-12,14-15,25H2,1-2H3,(H,26,27,29). The van der Waals surface area contributed by atoms with Crippen LogP contribution in [0.5, 0.6) is 11.5 Å². The minimum atomic E-state index is -0.0883. The van der Waals surface area contributed by atoms with Gasteiger partial charge in [0.05, 0.1) is 24.5 Å². The Bertz CT molecular complexity index is 1110. The fourth-order valence-corrected chi connectivity index (χ4v) is 3.87. The number of hydrogen-bond donors (Lipinski definition) is 2. The van der Waals surface area contributed by atoms with Gasteiger partial charge in [0.15, 0.2) is 0 Å². The van der Waals surface area contributed by atoms with E-state index in [1.165, 1.54) is 0 Å². The molecule has 1 aromatic heterocycles. The minimum Gasteiger partial charge on any atom is -0.494 e. The third-order valence-electron chi connectivity index (χ3n) is 5.37. The van der Waals surface area contributed by atoms with E-state index in [1.54, 1.807) is 0 Å². The highest BCUT2D eigenvalue weighted by Crippen LogP contribution is 2.28. The number of hydrogen-bond acceptors (Lipinski definition) is 6. The molecule has 3 N–H and O–H groups in total. The number of nitrogens with one attached hydrogen (secondary N) is 1. The van der Waals surface area contributed by atoms with Crippen LogP contribution in [0.15, 0.2) is 47.3 Å². The summed E-state index contributed by atoms with van der Waals surface area (Å²) in [5, 5.41) is 0. The first-order valence-electron chi connectivity index (χ1n) is 10.7. The van der Waals surface area contributed by atoms with Crippen LogP contribution in [-0.2, 0) is 19.5 Å². The maximum atomic E-state index is 12.8. The summed E-state index contributed by atoms with van der Waals surface area (Å²) in [6.07, 6.45) is 0.719. The Morgan fingerprint density at radius 3 is 2.61 bits per heavy atom. The highest BCUT2D eigenvalue weighted by molar-refractivity contribution is 5.58. The van der Waals surface area contributed by atoms with Gasteiger partial charge in [0, 0.05) is 42.9 Å². The summed E-state index contributed by atoms with van der Waals surface area (Å²) >= 11 is 0. The number of nitrogens with two attached hydrogens (primary N) is 1. The van der Waals surface area contributed by atoms with Crippen molar-refractivity contribution in [1.29, 1.82) is 0 Å². The van der Waals surface area contributed by atoms with Crippen LogP contribution in [0.4, 0.5) is 5.69 Å². The summed E-state index contributed by atoms with van der Waals surface area (Å²) in [6.45, 7) is 7.19. The average Bonchev–Trinajstić information content (AvgIpc) is 2.77. The van der Waals surface area contributed by atoms with Crippen LogP contribution >= 0.6 is 0 Å². The number of rotatable bonds is 7. The van der Waals surface area contributed by atoms with E-state index in [4.69, 9.17) is 20.2 Å². The van der Waals surface area contributed by atoms with Gasteiger partial charge in [0.2, 0.25) is 0 Å².